The van der Waals surface area contributed by atoms with Crippen molar-refractivity contribution in [2.75, 3.05) is 5.75 Å². The Morgan fingerprint density at radius 2 is 1.58 bits per heavy atom. The van der Waals surface area contributed by atoms with Gasteiger partial charge < -0.3 is 4.84 Å². The quantitative estimate of drug-likeness (QED) is 0.0591. The summed E-state index contributed by atoms with van der Waals surface area (Å²) in [6, 6.07) is 23.1. The zero-order chi connectivity index (χ0) is 27.1. The number of oxime groups is 1. The van der Waals surface area contributed by atoms with Gasteiger partial charge in [-0.25, -0.2) is 4.79 Å². The molecule has 0 amide bonds. The molecule has 4 rings (SSSR count). The molecule has 0 aliphatic heterocycles. The third-order valence-electron chi connectivity index (χ3n) is 7.28. The fraction of sp³-hybridized carbons (Fsp3) is 0.364. The Morgan fingerprint density at radius 1 is 0.895 bits per heavy atom. The largest absolute Gasteiger partial charge is 0.331 e. The number of thioether (sulfide) groups is 1. The molecule has 0 saturated heterocycles. The Balaban J connectivity index is 1.60. The molecular formula is C33H37NO3S. The second-order valence-corrected chi connectivity index (χ2v) is 11.3. The molecule has 4 nitrogen and oxygen atoms in total. The number of carbonyl (C=O) groups excluding carboxylic acids is 2. The van der Waals surface area contributed by atoms with E-state index in [2.05, 4.69) is 86.6 Å². The van der Waals surface area contributed by atoms with Gasteiger partial charge in [-0.1, -0.05) is 85.9 Å². The van der Waals surface area contributed by atoms with Crippen LogP contribution in [0.3, 0.4) is 0 Å². The molecule has 0 aromatic heterocycles. The third-order valence-corrected chi connectivity index (χ3v) is 8.38. The monoisotopic (exact) mass is 527 g/mol. The molecule has 0 atom stereocenters. The van der Waals surface area contributed by atoms with Crippen LogP contribution in [-0.4, -0.2) is 23.2 Å². The number of ketones is 1. The predicted molar refractivity (Wildman–Crippen MR) is 157 cm³/mol. The van der Waals surface area contributed by atoms with Crippen LogP contribution in [-0.2, 0) is 15.0 Å². The maximum absolute atomic E-state index is 13.7. The molecule has 0 saturated carbocycles. The molecule has 3 aromatic carbocycles. The molecule has 1 aliphatic carbocycles. The number of benzene rings is 3. The Hall–Kier alpha value is -3.18. The van der Waals surface area contributed by atoms with Crippen LogP contribution in [0.5, 0.6) is 0 Å². The molecule has 0 bridgehead atoms. The standard InChI is InChI=1S/C33H37NO3S/c1-5-19-33(20-6-2)29-11-8-7-10-27(29)28-18-15-25(22-30(28)33)32(36)31(34-37-24(4)35)12-9-21-38-26-16-13-23(3)14-17-26/h7-8,10-11,13-18,22H,5-6,9,12,19-21H2,1-4H3/b34-31+. The fourth-order valence-electron chi connectivity index (χ4n) is 5.66. The summed E-state index contributed by atoms with van der Waals surface area (Å²) in [6.07, 6.45) is 5.38. The summed E-state index contributed by atoms with van der Waals surface area (Å²) in [5, 5.41) is 4.01. The van der Waals surface area contributed by atoms with Crippen LogP contribution in [0.4, 0.5) is 0 Å². The van der Waals surface area contributed by atoms with Crippen LogP contribution in [0.2, 0.25) is 0 Å². The number of carbonyl (C=O) groups is 2. The van der Waals surface area contributed by atoms with Crippen molar-refractivity contribution in [3.63, 3.8) is 0 Å². The number of aryl methyl sites for hydroxylation is 1. The Labute approximate surface area is 230 Å². The zero-order valence-electron chi connectivity index (χ0n) is 22.9. The average molecular weight is 528 g/mol. The van der Waals surface area contributed by atoms with E-state index in [1.54, 1.807) is 11.8 Å². The number of Topliss-reactive ketones (excluding diaryl/α,β-unsaturated/α-hetero) is 1. The first-order valence-electron chi connectivity index (χ1n) is 13.6. The van der Waals surface area contributed by atoms with Crippen molar-refractivity contribution < 1.29 is 14.4 Å². The van der Waals surface area contributed by atoms with E-state index in [9.17, 15) is 9.59 Å². The van der Waals surface area contributed by atoms with E-state index in [-0.39, 0.29) is 16.9 Å². The van der Waals surface area contributed by atoms with E-state index in [1.165, 1.54) is 39.6 Å². The van der Waals surface area contributed by atoms with Crippen molar-refractivity contribution in [3.05, 3.63) is 89.0 Å². The lowest BCUT2D eigenvalue weighted by atomic mass is 9.71. The van der Waals surface area contributed by atoms with Gasteiger partial charge in [-0.05, 0) is 78.8 Å². The lowest BCUT2D eigenvalue weighted by Crippen LogP contribution is -2.25. The zero-order valence-corrected chi connectivity index (χ0v) is 23.7. The number of hydrogen-bond donors (Lipinski definition) is 0. The van der Waals surface area contributed by atoms with E-state index in [0.29, 0.717) is 12.0 Å². The predicted octanol–water partition coefficient (Wildman–Crippen LogP) is 8.54. The molecule has 198 valence electrons. The molecule has 1 aliphatic rings. The summed E-state index contributed by atoms with van der Waals surface area (Å²) >= 11 is 1.75. The fourth-order valence-corrected chi connectivity index (χ4v) is 6.52. The van der Waals surface area contributed by atoms with Gasteiger partial charge in [0.05, 0.1) is 0 Å². The maximum Gasteiger partial charge on any atom is 0.331 e. The van der Waals surface area contributed by atoms with Crippen molar-refractivity contribution in [2.45, 2.75) is 76.5 Å². The first-order valence-corrected chi connectivity index (χ1v) is 14.6. The number of rotatable bonds is 12. The van der Waals surface area contributed by atoms with Gasteiger partial charge in [-0.15, -0.1) is 11.8 Å². The molecule has 0 heterocycles. The maximum atomic E-state index is 13.7. The van der Waals surface area contributed by atoms with E-state index >= 15 is 0 Å². The van der Waals surface area contributed by atoms with Crippen molar-refractivity contribution in [1.29, 1.82) is 0 Å². The van der Waals surface area contributed by atoms with Gasteiger partial charge in [0.1, 0.15) is 5.71 Å². The number of nitrogens with zero attached hydrogens (tertiary/aromatic N) is 1. The normalized spacial score (nSPS) is 13.6. The van der Waals surface area contributed by atoms with Gasteiger partial charge in [0, 0.05) is 22.8 Å². The second kappa shape index (κ2) is 12.6. The van der Waals surface area contributed by atoms with Gasteiger partial charge in [-0.2, -0.15) is 0 Å². The molecule has 0 spiro atoms. The molecule has 38 heavy (non-hydrogen) atoms. The Morgan fingerprint density at radius 3 is 2.26 bits per heavy atom. The minimum absolute atomic E-state index is 0.0937. The molecule has 5 heteroatoms. The molecule has 0 N–H and O–H groups in total. The second-order valence-electron chi connectivity index (χ2n) is 10.1. The van der Waals surface area contributed by atoms with Crippen LogP contribution >= 0.6 is 11.8 Å². The Bertz CT molecular complexity index is 1320. The summed E-state index contributed by atoms with van der Waals surface area (Å²) in [5.74, 6) is 0.135. The van der Waals surface area contributed by atoms with Crippen LogP contribution in [0.15, 0.2) is 76.8 Å². The van der Waals surface area contributed by atoms with Crippen LogP contribution in [0.25, 0.3) is 11.1 Å². The lowest BCUT2D eigenvalue weighted by Gasteiger charge is -2.32. The van der Waals surface area contributed by atoms with Gasteiger partial charge >= 0.3 is 5.97 Å². The van der Waals surface area contributed by atoms with Gasteiger partial charge in [0.15, 0.2) is 0 Å². The topological polar surface area (TPSA) is 55.7 Å². The lowest BCUT2D eigenvalue weighted by molar-refractivity contribution is -0.140. The number of fused-ring (bicyclic) bond motifs is 3. The summed E-state index contributed by atoms with van der Waals surface area (Å²) in [5.41, 5.74) is 7.11. The third kappa shape index (κ3) is 5.94. The summed E-state index contributed by atoms with van der Waals surface area (Å²) in [7, 11) is 0. The molecule has 0 fully saturated rings. The highest BCUT2D eigenvalue weighted by atomic mass is 32.2. The van der Waals surface area contributed by atoms with Crippen molar-refractivity contribution in [1.82, 2.24) is 0 Å². The smallest absolute Gasteiger partial charge is 0.318 e. The van der Waals surface area contributed by atoms with E-state index in [0.717, 1.165) is 37.9 Å². The number of hydrogen-bond acceptors (Lipinski definition) is 5. The highest BCUT2D eigenvalue weighted by Crippen LogP contribution is 2.53. The molecule has 3 aromatic rings. The first kappa shape index (κ1) is 27.8. The minimum atomic E-state index is -0.529. The van der Waals surface area contributed by atoms with Gasteiger partial charge in [-0.3, -0.25) is 4.79 Å². The van der Waals surface area contributed by atoms with Crippen molar-refractivity contribution in [2.24, 2.45) is 5.16 Å². The van der Waals surface area contributed by atoms with Crippen LogP contribution in [0, 0.1) is 6.92 Å². The van der Waals surface area contributed by atoms with Crippen molar-refractivity contribution >= 4 is 29.2 Å². The van der Waals surface area contributed by atoms with E-state index in [1.807, 2.05) is 6.07 Å². The highest BCUT2D eigenvalue weighted by molar-refractivity contribution is 7.99. The van der Waals surface area contributed by atoms with E-state index in [4.69, 9.17) is 4.84 Å². The van der Waals surface area contributed by atoms with Crippen molar-refractivity contribution in [3.8, 4) is 11.1 Å². The highest BCUT2D eigenvalue weighted by Gasteiger charge is 2.42. The SMILES string of the molecule is CCCC1(CCC)c2ccccc2-c2ccc(C(=O)/C(CCCSc3ccc(C)cc3)=N/OC(C)=O)cc21. The summed E-state index contributed by atoms with van der Waals surface area (Å²) in [6.45, 7) is 7.83. The average Bonchev–Trinajstić information content (AvgIpc) is 3.18. The Kier molecular flexibility index (Phi) is 9.22. The molecule has 0 radical (unpaired) electrons. The summed E-state index contributed by atoms with van der Waals surface area (Å²) in [4.78, 5) is 31.4. The first-order chi connectivity index (χ1) is 18.4. The van der Waals surface area contributed by atoms with Gasteiger partial charge in [0.2, 0.25) is 5.78 Å². The van der Waals surface area contributed by atoms with Gasteiger partial charge in [0.25, 0.3) is 0 Å². The van der Waals surface area contributed by atoms with Crippen LogP contribution < -0.4 is 0 Å². The minimum Gasteiger partial charge on any atom is -0.318 e. The molecule has 0 unspecified atom stereocenters. The molecular weight excluding hydrogens is 490 g/mol. The summed E-state index contributed by atoms with van der Waals surface area (Å²) < 4.78 is 0. The van der Waals surface area contributed by atoms with Crippen LogP contribution in [0.1, 0.15) is 86.3 Å². The van der Waals surface area contributed by atoms with E-state index < -0.39 is 5.97 Å².